The Hall–Kier alpha value is -1.56. The first-order valence-corrected chi connectivity index (χ1v) is 6.06. The van der Waals surface area contributed by atoms with Crippen LogP contribution in [0.3, 0.4) is 0 Å². The van der Waals surface area contributed by atoms with Crippen LogP contribution < -0.4 is 5.32 Å². The van der Waals surface area contributed by atoms with Gasteiger partial charge in [0.2, 0.25) is 5.28 Å². The molecule has 0 fully saturated rings. The fourth-order valence-electron chi connectivity index (χ4n) is 1.68. The van der Waals surface area contributed by atoms with E-state index in [0.29, 0.717) is 11.3 Å². The van der Waals surface area contributed by atoms with E-state index in [9.17, 15) is 13.2 Å². The minimum Gasteiger partial charge on any atom is -0.369 e. The number of benzene rings is 1. The molecule has 19 heavy (non-hydrogen) atoms. The summed E-state index contributed by atoms with van der Waals surface area (Å²) >= 11 is 5.77. The fraction of sp³-hybridized carbons (Fsp3) is 0.333. The Kier molecular flexibility index (Phi) is 4.09. The van der Waals surface area contributed by atoms with Gasteiger partial charge in [0.05, 0.1) is 5.52 Å². The van der Waals surface area contributed by atoms with Gasteiger partial charge in [0, 0.05) is 18.4 Å². The first-order valence-electron chi connectivity index (χ1n) is 5.68. The largest absolute Gasteiger partial charge is 0.389 e. The van der Waals surface area contributed by atoms with Crippen LogP contribution in [-0.4, -0.2) is 22.7 Å². The van der Waals surface area contributed by atoms with Gasteiger partial charge < -0.3 is 5.32 Å². The van der Waals surface area contributed by atoms with Crippen LogP contribution in [0, 0.1) is 0 Å². The number of nitrogens with one attached hydrogen (secondary N) is 1. The zero-order valence-corrected chi connectivity index (χ0v) is 10.6. The van der Waals surface area contributed by atoms with E-state index < -0.39 is 12.6 Å². The van der Waals surface area contributed by atoms with Crippen molar-refractivity contribution in [3.63, 3.8) is 0 Å². The number of para-hydroxylation sites is 1. The van der Waals surface area contributed by atoms with E-state index in [-0.39, 0.29) is 18.2 Å². The van der Waals surface area contributed by atoms with Crippen molar-refractivity contribution in [3.8, 4) is 0 Å². The van der Waals surface area contributed by atoms with Gasteiger partial charge >= 0.3 is 6.18 Å². The van der Waals surface area contributed by atoms with Crippen molar-refractivity contribution < 1.29 is 13.2 Å². The van der Waals surface area contributed by atoms with E-state index >= 15 is 0 Å². The van der Waals surface area contributed by atoms with Crippen LogP contribution in [0.4, 0.5) is 19.0 Å². The van der Waals surface area contributed by atoms with Crippen LogP contribution in [0.1, 0.15) is 12.8 Å². The summed E-state index contributed by atoms with van der Waals surface area (Å²) in [6, 6.07) is 7.17. The maximum atomic E-state index is 12.0. The Balaban J connectivity index is 2.08. The molecule has 1 aromatic heterocycles. The van der Waals surface area contributed by atoms with Gasteiger partial charge in [-0.2, -0.15) is 13.2 Å². The van der Waals surface area contributed by atoms with E-state index in [4.69, 9.17) is 11.6 Å². The van der Waals surface area contributed by atoms with E-state index in [2.05, 4.69) is 15.3 Å². The number of hydrogen-bond donors (Lipinski definition) is 1. The minimum atomic E-state index is -4.13. The van der Waals surface area contributed by atoms with Gasteiger partial charge in [-0.1, -0.05) is 12.1 Å². The molecule has 0 aliphatic rings. The summed E-state index contributed by atoms with van der Waals surface area (Å²) in [5.41, 5.74) is 0.654. The molecule has 3 nitrogen and oxygen atoms in total. The predicted molar refractivity (Wildman–Crippen MR) is 68.3 cm³/mol. The van der Waals surface area contributed by atoms with Crippen molar-refractivity contribution >= 4 is 28.3 Å². The van der Waals surface area contributed by atoms with Gasteiger partial charge in [0.25, 0.3) is 0 Å². The van der Waals surface area contributed by atoms with Gasteiger partial charge in [-0.25, -0.2) is 9.97 Å². The van der Waals surface area contributed by atoms with Crippen LogP contribution in [-0.2, 0) is 0 Å². The first kappa shape index (κ1) is 13.9. The van der Waals surface area contributed by atoms with Crippen molar-refractivity contribution in [3.05, 3.63) is 29.5 Å². The van der Waals surface area contributed by atoms with E-state index in [1.807, 2.05) is 0 Å². The van der Waals surface area contributed by atoms with E-state index in [1.54, 1.807) is 24.3 Å². The lowest BCUT2D eigenvalue weighted by atomic mass is 10.2. The standard InChI is InChI=1S/C12H11ClF3N3/c13-11-18-9-5-2-1-4-8(9)10(19-11)17-7-3-6-12(14,15)16/h1-2,4-5H,3,6-7H2,(H,17,18,19). The molecule has 1 heterocycles. The molecule has 2 rings (SSSR count). The molecule has 0 amide bonds. The summed E-state index contributed by atoms with van der Waals surface area (Å²) in [6.07, 6.45) is -4.97. The van der Waals surface area contributed by atoms with Crippen LogP contribution in [0.5, 0.6) is 0 Å². The SMILES string of the molecule is FC(F)(F)CCCNc1nc(Cl)nc2ccccc12. The number of alkyl halides is 3. The lowest BCUT2D eigenvalue weighted by molar-refractivity contribution is -0.134. The first-order chi connectivity index (χ1) is 8.96. The molecule has 1 aromatic carbocycles. The second kappa shape index (κ2) is 5.61. The van der Waals surface area contributed by atoms with Crippen molar-refractivity contribution in [2.45, 2.75) is 19.0 Å². The number of anilines is 1. The Morgan fingerprint density at radius 2 is 1.89 bits per heavy atom. The molecule has 0 unspecified atom stereocenters. The molecule has 0 bridgehead atoms. The summed E-state index contributed by atoms with van der Waals surface area (Å²) < 4.78 is 36.1. The molecule has 0 radical (unpaired) electrons. The van der Waals surface area contributed by atoms with E-state index in [1.165, 1.54) is 0 Å². The highest BCUT2D eigenvalue weighted by Crippen LogP contribution is 2.23. The lowest BCUT2D eigenvalue weighted by Gasteiger charge is -2.10. The molecule has 0 saturated carbocycles. The Morgan fingerprint density at radius 1 is 1.16 bits per heavy atom. The molecule has 0 aliphatic carbocycles. The minimum absolute atomic E-state index is 0.0144. The summed E-state index contributed by atoms with van der Waals surface area (Å²) in [5.74, 6) is 0.456. The summed E-state index contributed by atoms with van der Waals surface area (Å²) in [7, 11) is 0. The molecule has 1 N–H and O–H groups in total. The second-order valence-electron chi connectivity index (χ2n) is 4.00. The smallest absolute Gasteiger partial charge is 0.369 e. The third-order valence-electron chi connectivity index (χ3n) is 2.51. The fourth-order valence-corrected chi connectivity index (χ4v) is 1.85. The van der Waals surface area contributed by atoms with E-state index in [0.717, 1.165) is 5.39 Å². The van der Waals surface area contributed by atoms with Gasteiger partial charge in [-0.3, -0.25) is 0 Å². The molecule has 0 atom stereocenters. The zero-order chi connectivity index (χ0) is 13.9. The highest BCUT2D eigenvalue weighted by Gasteiger charge is 2.25. The van der Waals surface area contributed by atoms with Crippen LogP contribution in [0.25, 0.3) is 10.9 Å². The summed E-state index contributed by atoms with van der Waals surface area (Å²) in [5, 5.41) is 3.67. The topological polar surface area (TPSA) is 37.8 Å². The zero-order valence-electron chi connectivity index (χ0n) is 9.84. The van der Waals surface area contributed by atoms with Crippen molar-refractivity contribution in [2.75, 3.05) is 11.9 Å². The molecule has 0 aliphatic heterocycles. The lowest BCUT2D eigenvalue weighted by Crippen LogP contribution is -2.11. The summed E-state index contributed by atoms with van der Waals surface area (Å²) in [6.45, 7) is 0.177. The monoisotopic (exact) mass is 289 g/mol. The molecular weight excluding hydrogens is 279 g/mol. The molecule has 0 spiro atoms. The molecule has 0 saturated heterocycles. The molecule has 2 aromatic rings. The van der Waals surface area contributed by atoms with Crippen LogP contribution >= 0.6 is 11.6 Å². The number of aromatic nitrogens is 2. The van der Waals surface area contributed by atoms with Gasteiger partial charge in [-0.15, -0.1) is 0 Å². The third-order valence-corrected chi connectivity index (χ3v) is 2.67. The Morgan fingerprint density at radius 3 is 2.63 bits per heavy atom. The average molecular weight is 290 g/mol. The van der Waals surface area contributed by atoms with Gasteiger partial charge in [0.1, 0.15) is 5.82 Å². The Labute approximate surface area is 112 Å². The average Bonchev–Trinajstić information content (AvgIpc) is 2.33. The maximum absolute atomic E-state index is 12.0. The van der Waals surface area contributed by atoms with Crippen molar-refractivity contribution in [2.24, 2.45) is 0 Å². The van der Waals surface area contributed by atoms with Crippen LogP contribution in [0.2, 0.25) is 5.28 Å². The van der Waals surface area contributed by atoms with Gasteiger partial charge in [0.15, 0.2) is 0 Å². The second-order valence-corrected chi connectivity index (χ2v) is 4.34. The summed E-state index contributed by atoms with van der Waals surface area (Å²) in [4.78, 5) is 8.04. The molecule has 102 valence electrons. The van der Waals surface area contributed by atoms with Crippen molar-refractivity contribution in [1.82, 2.24) is 9.97 Å². The molecule has 7 heteroatoms. The van der Waals surface area contributed by atoms with Crippen molar-refractivity contribution in [1.29, 1.82) is 0 Å². The predicted octanol–water partition coefficient (Wildman–Crippen LogP) is 4.04. The maximum Gasteiger partial charge on any atom is 0.389 e. The number of nitrogens with zero attached hydrogens (tertiary/aromatic N) is 2. The number of fused-ring (bicyclic) bond motifs is 1. The number of rotatable bonds is 4. The molecular formula is C12H11ClF3N3. The van der Waals surface area contributed by atoms with Gasteiger partial charge in [-0.05, 0) is 30.2 Å². The third kappa shape index (κ3) is 3.96. The number of hydrogen-bond acceptors (Lipinski definition) is 3. The normalized spacial score (nSPS) is 11.8. The number of halogens is 4. The highest BCUT2D eigenvalue weighted by molar-refractivity contribution is 6.28. The highest BCUT2D eigenvalue weighted by atomic mass is 35.5. The Bertz CT molecular complexity index is 572. The van der Waals surface area contributed by atoms with Crippen LogP contribution in [0.15, 0.2) is 24.3 Å². The quantitative estimate of drug-likeness (QED) is 0.682.